The van der Waals surface area contributed by atoms with Crippen molar-refractivity contribution in [2.45, 2.75) is 37.3 Å². The van der Waals surface area contributed by atoms with Crippen LogP contribution in [0.15, 0.2) is 43.1 Å². The molecule has 1 aromatic carbocycles. The van der Waals surface area contributed by atoms with Gasteiger partial charge in [0.1, 0.15) is 5.75 Å². The molecule has 0 bridgehead atoms. The van der Waals surface area contributed by atoms with Gasteiger partial charge in [0.25, 0.3) is 0 Å². The molecule has 8 nitrogen and oxygen atoms in total. The Labute approximate surface area is 163 Å². The first kappa shape index (κ1) is 17.1. The van der Waals surface area contributed by atoms with Crippen molar-refractivity contribution in [1.82, 2.24) is 30.0 Å². The standard InChI is InChI=1S/C20H23N7O/c1-26(15-4-7-23-20(11-15)5-6-20)18-12-22-19(25-24-18)16-3-2-14(10-17(16)28)27-9-8-21-13-27/h2-3,8-10,12-13,15,23,28H,4-7,11H2,1H3/t15-/m0/s1. The number of aromatic hydroxyl groups is 1. The summed E-state index contributed by atoms with van der Waals surface area (Å²) in [7, 11) is 2.06. The highest BCUT2D eigenvalue weighted by Gasteiger charge is 2.46. The van der Waals surface area contributed by atoms with E-state index < -0.39 is 0 Å². The van der Waals surface area contributed by atoms with Gasteiger partial charge in [0.2, 0.25) is 0 Å². The van der Waals surface area contributed by atoms with E-state index in [-0.39, 0.29) is 5.75 Å². The van der Waals surface area contributed by atoms with E-state index in [1.165, 1.54) is 12.8 Å². The lowest BCUT2D eigenvalue weighted by atomic mass is 9.96. The molecule has 2 fully saturated rings. The zero-order valence-corrected chi connectivity index (χ0v) is 15.8. The summed E-state index contributed by atoms with van der Waals surface area (Å²) in [6.07, 6.45) is 11.7. The van der Waals surface area contributed by atoms with Crippen LogP contribution in [-0.4, -0.2) is 55.0 Å². The zero-order chi connectivity index (χ0) is 19.1. The molecule has 5 rings (SSSR count). The maximum absolute atomic E-state index is 10.4. The highest BCUT2D eigenvalue weighted by molar-refractivity contribution is 5.66. The van der Waals surface area contributed by atoms with Gasteiger partial charge in [-0.15, -0.1) is 10.2 Å². The SMILES string of the molecule is CN(c1cnc(-c2ccc(-n3ccnc3)cc2O)nn1)[C@H]1CCNC2(CC2)C1. The number of phenols is 1. The molecule has 1 spiro atoms. The molecule has 0 amide bonds. The molecule has 2 N–H and O–H groups in total. The summed E-state index contributed by atoms with van der Waals surface area (Å²) in [5, 5.41) is 22.7. The molecule has 1 atom stereocenters. The van der Waals surface area contributed by atoms with Crippen LogP contribution in [0.5, 0.6) is 5.75 Å². The van der Waals surface area contributed by atoms with Crippen LogP contribution < -0.4 is 10.2 Å². The lowest BCUT2D eigenvalue weighted by Crippen LogP contribution is -2.48. The number of hydrogen-bond donors (Lipinski definition) is 2. The number of imidazole rings is 1. The van der Waals surface area contributed by atoms with E-state index in [1.54, 1.807) is 30.9 Å². The summed E-state index contributed by atoms with van der Waals surface area (Å²) >= 11 is 0. The lowest BCUT2D eigenvalue weighted by Gasteiger charge is -2.36. The topological polar surface area (TPSA) is 92.0 Å². The quantitative estimate of drug-likeness (QED) is 0.720. The Kier molecular flexibility index (Phi) is 4.01. The summed E-state index contributed by atoms with van der Waals surface area (Å²) in [6.45, 7) is 1.05. The average Bonchev–Trinajstić information content (AvgIpc) is 3.24. The van der Waals surface area contributed by atoms with E-state index in [2.05, 4.69) is 37.4 Å². The van der Waals surface area contributed by atoms with Crippen LogP contribution in [0, 0.1) is 0 Å². The Morgan fingerprint density at radius 1 is 1.29 bits per heavy atom. The van der Waals surface area contributed by atoms with Crippen LogP contribution in [0.3, 0.4) is 0 Å². The monoisotopic (exact) mass is 377 g/mol. The number of aromatic nitrogens is 5. The lowest BCUT2D eigenvalue weighted by molar-refractivity contribution is 0.337. The van der Waals surface area contributed by atoms with Crippen molar-refractivity contribution < 1.29 is 5.11 Å². The molecule has 2 aliphatic rings. The van der Waals surface area contributed by atoms with E-state index in [1.807, 2.05) is 16.8 Å². The van der Waals surface area contributed by atoms with Crippen LogP contribution in [-0.2, 0) is 0 Å². The van der Waals surface area contributed by atoms with E-state index in [4.69, 9.17) is 0 Å². The van der Waals surface area contributed by atoms with Crippen molar-refractivity contribution in [3.8, 4) is 22.8 Å². The van der Waals surface area contributed by atoms with Crippen molar-refractivity contribution in [3.05, 3.63) is 43.1 Å². The van der Waals surface area contributed by atoms with E-state index >= 15 is 0 Å². The van der Waals surface area contributed by atoms with Crippen LogP contribution in [0.1, 0.15) is 25.7 Å². The molecule has 144 valence electrons. The highest BCUT2D eigenvalue weighted by atomic mass is 16.3. The summed E-state index contributed by atoms with van der Waals surface area (Å²) in [5.74, 6) is 1.29. The fourth-order valence-electron chi connectivity index (χ4n) is 4.01. The number of piperidine rings is 1. The second-order valence-corrected chi connectivity index (χ2v) is 7.78. The predicted molar refractivity (Wildman–Crippen MR) is 105 cm³/mol. The third-order valence-electron chi connectivity index (χ3n) is 5.94. The number of hydrogen-bond acceptors (Lipinski definition) is 7. The molecule has 1 saturated carbocycles. The van der Waals surface area contributed by atoms with Crippen LogP contribution in [0.25, 0.3) is 17.1 Å². The van der Waals surface area contributed by atoms with Gasteiger partial charge in [0.05, 0.1) is 23.8 Å². The molecule has 1 aliphatic heterocycles. The number of benzene rings is 1. The van der Waals surface area contributed by atoms with E-state index in [0.717, 1.165) is 30.9 Å². The summed E-state index contributed by atoms with van der Waals surface area (Å²) in [4.78, 5) is 10.7. The van der Waals surface area contributed by atoms with Gasteiger partial charge in [-0.25, -0.2) is 9.97 Å². The van der Waals surface area contributed by atoms with Gasteiger partial charge >= 0.3 is 0 Å². The Bertz CT molecular complexity index is 967. The Hall–Kier alpha value is -3.00. The van der Waals surface area contributed by atoms with E-state index in [9.17, 15) is 5.11 Å². The minimum absolute atomic E-state index is 0.114. The number of phenolic OH excluding ortho intramolecular Hbond substituents is 1. The fraction of sp³-hybridized carbons (Fsp3) is 0.400. The fourth-order valence-corrected chi connectivity index (χ4v) is 4.01. The van der Waals surface area contributed by atoms with Gasteiger partial charge in [-0.1, -0.05) is 0 Å². The molecule has 1 aliphatic carbocycles. The van der Waals surface area contributed by atoms with Crippen molar-refractivity contribution in [1.29, 1.82) is 0 Å². The molecule has 0 unspecified atom stereocenters. The number of nitrogens with zero attached hydrogens (tertiary/aromatic N) is 6. The minimum Gasteiger partial charge on any atom is -0.507 e. The zero-order valence-electron chi connectivity index (χ0n) is 15.8. The van der Waals surface area contributed by atoms with E-state index in [0.29, 0.717) is 23.0 Å². The van der Waals surface area contributed by atoms with Gasteiger partial charge in [0.15, 0.2) is 11.6 Å². The minimum atomic E-state index is 0.114. The molecular formula is C20H23N7O. The van der Waals surface area contributed by atoms with Crippen molar-refractivity contribution in [2.75, 3.05) is 18.5 Å². The molecular weight excluding hydrogens is 354 g/mol. The second kappa shape index (κ2) is 6.56. The summed E-state index contributed by atoms with van der Waals surface area (Å²) < 4.78 is 1.83. The first-order chi connectivity index (χ1) is 13.6. The van der Waals surface area contributed by atoms with Crippen molar-refractivity contribution >= 4 is 5.82 Å². The summed E-state index contributed by atoms with van der Waals surface area (Å²) in [6, 6.07) is 5.82. The first-order valence-electron chi connectivity index (χ1n) is 9.63. The predicted octanol–water partition coefficient (Wildman–Crippen LogP) is 2.15. The molecule has 0 radical (unpaired) electrons. The maximum atomic E-state index is 10.4. The third kappa shape index (κ3) is 3.09. The first-order valence-corrected chi connectivity index (χ1v) is 9.63. The molecule has 8 heteroatoms. The molecule has 3 aromatic rings. The molecule has 3 heterocycles. The second-order valence-electron chi connectivity index (χ2n) is 7.78. The third-order valence-corrected chi connectivity index (χ3v) is 5.94. The smallest absolute Gasteiger partial charge is 0.185 e. The van der Waals surface area contributed by atoms with Gasteiger partial charge in [0, 0.05) is 37.1 Å². The number of rotatable bonds is 4. The van der Waals surface area contributed by atoms with Crippen LogP contribution in [0.2, 0.25) is 0 Å². The Balaban J connectivity index is 1.35. The van der Waals surface area contributed by atoms with Gasteiger partial charge in [-0.2, -0.15) is 0 Å². The molecule has 1 saturated heterocycles. The normalized spacial score (nSPS) is 20.2. The van der Waals surface area contributed by atoms with Crippen molar-refractivity contribution in [3.63, 3.8) is 0 Å². The van der Waals surface area contributed by atoms with Crippen molar-refractivity contribution in [2.24, 2.45) is 0 Å². The van der Waals surface area contributed by atoms with Gasteiger partial charge < -0.3 is 19.9 Å². The Morgan fingerprint density at radius 2 is 2.18 bits per heavy atom. The largest absolute Gasteiger partial charge is 0.507 e. The number of anilines is 1. The summed E-state index contributed by atoms with van der Waals surface area (Å²) in [5.41, 5.74) is 1.74. The Morgan fingerprint density at radius 3 is 2.86 bits per heavy atom. The van der Waals surface area contributed by atoms with Gasteiger partial charge in [-0.05, 0) is 44.4 Å². The average molecular weight is 377 g/mol. The van der Waals surface area contributed by atoms with Crippen LogP contribution in [0.4, 0.5) is 5.82 Å². The number of nitrogens with one attached hydrogen (secondary N) is 1. The molecule has 28 heavy (non-hydrogen) atoms. The van der Waals surface area contributed by atoms with Gasteiger partial charge in [-0.3, -0.25) is 0 Å². The maximum Gasteiger partial charge on any atom is 0.185 e. The molecule has 2 aromatic heterocycles. The van der Waals surface area contributed by atoms with Crippen LogP contribution >= 0.6 is 0 Å². The highest BCUT2D eigenvalue weighted by Crippen LogP contribution is 2.43.